The molecule has 1 aromatic carbocycles. The topological polar surface area (TPSA) is 0 Å². The van der Waals surface area contributed by atoms with Gasteiger partial charge in [0.15, 0.2) is 0 Å². The first-order valence-corrected chi connectivity index (χ1v) is 6.74. The van der Waals surface area contributed by atoms with E-state index in [2.05, 4.69) is 60.7 Å². The van der Waals surface area contributed by atoms with E-state index in [4.69, 9.17) is 0 Å². The summed E-state index contributed by atoms with van der Waals surface area (Å²) in [7, 11) is 0. The molecule has 0 radical (unpaired) electrons. The molecule has 5 rings (SSSR count). The molecule has 4 aliphatic carbocycles. The van der Waals surface area contributed by atoms with Crippen LogP contribution in [0.2, 0.25) is 0 Å². The largest absolute Gasteiger partial charge is 0.0795 e. The zero-order chi connectivity index (χ0) is 11.8. The van der Waals surface area contributed by atoms with Crippen LogP contribution in [0.15, 0.2) is 48.6 Å². The van der Waals surface area contributed by atoms with Crippen LogP contribution in [0.5, 0.6) is 0 Å². The summed E-state index contributed by atoms with van der Waals surface area (Å²) in [5.41, 5.74) is 6.57. The molecule has 0 spiro atoms. The molecular formula is C18H14. The monoisotopic (exact) mass is 230 g/mol. The lowest BCUT2D eigenvalue weighted by molar-refractivity contribution is 0.688. The minimum absolute atomic E-state index is 0.281. The summed E-state index contributed by atoms with van der Waals surface area (Å²) in [5, 5.41) is 0. The van der Waals surface area contributed by atoms with E-state index < -0.39 is 0 Å². The van der Waals surface area contributed by atoms with Crippen molar-refractivity contribution >= 4 is 12.2 Å². The molecule has 1 aromatic rings. The van der Waals surface area contributed by atoms with Gasteiger partial charge in [-0.3, -0.25) is 0 Å². The summed E-state index contributed by atoms with van der Waals surface area (Å²) in [6.07, 6.45) is 20.9. The SMILES string of the molecule is C1=C[C@@]23C=Cc4c(ccc5c4CC=C5)[C@]2(C=C1)C3. The molecular weight excluding hydrogens is 216 g/mol. The van der Waals surface area contributed by atoms with E-state index >= 15 is 0 Å². The van der Waals surface area contributed by atoms with Crippen LogP contribution >= 0.6 is 0 Å². The molecule has 1 fully saturated rings. The van der Waals surface area contributed by atoms with E-state index in [9.17, 15) is 0 Å². The predicted octanol–water partition coefficient (Wildman–Crippen LogP) is 4.04. The highest BCUT2D eigenvalue weighted by atomic mass is 14.7. The average Bonchev–Trinajstić information content (AvgIpc) is 2.89. The van der Waals surface area contributed by atoms with E-state index in [1.54, 1.807) is 5.56 Å². The third kappa shape index (κ3) is 0.809. The van der Waals surface area contributed by atoms with Crippen LogP contribution in [-0.2, 0) is 11.8 Å². The maximum Gasteiger partial charge on any atom is 0.0279 e. The third-order valence-corrected chi connectivity index (χ3v) is 5.20. The summed E-state index contributed by atoms with van der Waals surface area (Å²) >= 11 is 0. The van der Waals surface area contributed by atoms with Crippen LogP contribution < -0.4 is 0 Å². The Morgan fingerprint density at radius 1 is 0.944 bits per heavy atom. The van der Waals surface area contributed by atoms with Gasteiger partial charge in [-0.1, -0.05) is 60.7 Å². The Hall–Kier alpha value is -1.82. The lowest BCUT2D eigenvalue weighted by Gasteiger charge is -2.28. The van der Waals surface area contributed by atoms with Crippen molar-refractivity contribution in [3.8, 4) is 0 Å². The molecule has 0 nitrogen and oxygen atoms in total. The lowest BCUT2D eigenvalue weighted by atomic mass is 9.75. The van der Waals surface area contributed by atoms with Gasteiger partial charge in [-0.15, -0.1) is 0 Å². The molecule has 18 heavy (non-hydrogen) atoms. The molecule has 0 heterocycles. The Morgan fingerprint density at radius 2 is 1.89 bits per heavy atom. The van der Waals surface area contributed by atoms with Gasteiger partial charge in [0.1, 0.15) is 0 Å². The summed E-state index contributed by atoms with van der Waals surface area (Å²) in [6.45, 7) is 0. The predicted molar refractivity (Wildman–Crippen MR) is 75.2 cm³/mol. The smallest absolute Gasteiger partial charge is 0.0279 e. The Bertz CT molecular complexity index is 699. The van der Waals surface area contributed by atoms with Crippen molar-refractivity contribution in [2.24, 2.45) is 5.41 Å². The number of fused-ring (bicyclic) bond motifs is 3. The number of hydrogen-bond acceptors (Lipinski definition) is 0. The van der Waals surface area contributed by atoms with Crippen molar-refractivity contribution in [3.63, 3.8) is 0 Å². The van der Waals surface area contributed by atoms with Crippen molar-refractivity contribution in [2.45, 2.75) is 18.3 Å². The maximum atomic E-state index is 2.44. The van der Waals surface area contributed by atoms with Gasteiger partial charge in [-0.25, -0.2) is 0 Å². The minimum Gasteiger partial charge on any atom is -0.0795 e. The third-order valence-electron chi connectivity index (χ3n) is 5.20. The summed E-state index contributed by atoms with van der Waals surface area (Å²) in [5.74, 6) is 0. The Labute approximate surface area is 107 Å². The van der Waals surface area contributed by atoms with Crippen LogP contribution in [-0.4, -0.2) is 0 Å². The van der Waals surface area contributed by atoms with Crippen molar-refractivity contribution in [1.82, 2.24) is 0 Å². The van der Waals surface area contributed by atoms with Crippen LogP contribution in [0.3, 0.4) is 0 Å². The van der Waals surface area contributed by atoms with Gasteiger partial charge in [0.25, 0.3) is 0 Å². The van der Waals surface area contributed by atoms with Crippen molar-refractivity contribution < 1.29 is 0 Å². The normalized spacial score (nSPS) is 36.0. The van der Waals surface area contributed by atoms with Crippen molar-refractivity contribution in [3.05, 3.63) is 70.8 Å². The van der Waals surface area contributed by atoms with Gasteiger partial charge in [0.2, 0.25) is 0 Å². The first-order valence-electron chi connectivity index (χ1n) is 6.74. The molecule has 0 aromatic heterocycles. The summed E-state index contributed by atoms with van der Waals surface area (Å²) in [4.78, 5) is 0. The standard InChI is InChI=1S/C18H14/c1-2-10-18-12-17(18,9-1)11-8-15-14-5-3-4-13(14)6-7-16(15)18/h1-4,6-11H,5,12H2/t17-,18-/m0/s1. The highest BCUT2D eigenvalue weighted by Crippen LogP contribution is 2.71. The fraction of sp³-hybridized carbons (Fsp3) is 0.222. The number of allylic oxidation sites excluding steroid dienone is 6. The molecule has 0 N–H and O–H groups in total. The quantitative estimate of drug-likeness (QED) is 0.631. The van der Waals surface area contributed by atoms with Gasteiger partial charge in [-0.05, 0) is 35.1 Å². The second kappa shape index (κ2) is 2.61. The average molecular weight is 230 g/mol. The molecule has 2 atom stereocenters. The van der Waals surface area contributed by atoms with E-state index in [0.29, 0.717) is 5.41 Å². The van der Waals surface area contributed by atoms with Gasteiger partial charge in [0, 0.05) is 10.8 Å². The fourth-order valence-corrected chi connectivity index (χ4v) is 4.17. The molecule has 86 valence electrons. The van der Waals surface area contributed by atoms with Gasteiger partial charge in [0.05, 0.1) is 0 Å². The first kappa shape index (κ1) is 9.16. The van der Waals surface area contributed by atoms with Gasteiger partial charge >= 0.3 is 0 Å². The second-order valence-corrected chi connectivity index (χ2v) is 5.94. The highest BCUT2D eigenvalue weighted by molar-refractivity contribution is 5.77. The molecule has 0 bridgehead atoms. The molecule has 4 aliphatic rings. The van der Waals surface area contributed by atoms with Crippen LogP contribution in [0.4, 0.5) is 0 Å². The van der Waals surface area contributed by atoms with Crippen molar-refractivity contribution in [2.75, 3.05) is 0 Å². The van der Waals surface area contributed by atoms with Crippen molar-refractivity contribution in [1.29, 1.82) is 0 Å². The first-order chi connectivity index (χ1) is 8.85. The van der Waals surface area contributed by atoms with Gasteiger partial charge in [-0.2, -0.15) is 0 Å². The van der Waals surface area contributed by atoms with Gasteiger partial charge < -0.3 is 0 Å². The fourth-order valence-electron chi connectivity index (χ4n) is 4.17. The van der Waals surface area contributed by atoms with E-state index in [1.807, 2.05) is 0 Å². The maximum absolute atomic E-state index is 2.44. The van der Waals surface area contributed by atoms with Crippen LogP contribution in [0, 0.1) is 5.41 Å². The number of hydrogen-bond donors (Lipinski definition) is 0. The highest BCUT2D eigenvalue weighted by Gasteiger charge is 2.66. The molecule has 0 heteroatoms. The van der Waals surface area contributed by atoms with E-state index in [-0.39, 0.29) is 5.41 Å². The zero-order valence-corrected chi connectivity index (χ0v) is 10.2. The number of rotatable bonds is 0. The molecule has 0 aliphatic heterocycles. The molecule has 0 unspecified atom stereocenters. The molecule has 0 amide bonds. The van der Waals surface area contributed by atoms with E-state index in [0.717, 1.165) is 6.42 Å². The Balaban J connectivity index is 1.83. The minimum atomic E-state index is 0.281. The zero-order valence-electron chi connectivity index (χ0n) is 10.2. The number of benzene rings is 1. The summed E-state index contributed by atoms with van der Waals surface area (Å²) < 4.78 is 0. The lowest BCUT2D eigenvalue weighted by Crippen LogP contribution is -2.20. The molecule has 1 saturated carbocycles. The second-order valence-electron chi connectivity index (χ2n) is 5.94. The van der Waals surface area contributed by atoms with Crippen LogP contribution in [0.1, 0.15) is 28.7 Å². The van der Waals surface area contributed by atoms with Crippen LogP contribution in [0.25, 0.3) is 12.2 Å². The van der Waals surface area contributed by atoms with E-state index in [1.165, 1.54) is 23.1 Å². The Kier molecular flexibility index (Phi) is 1.33. The molecule has 0 saturated heterocycles. The Morgan fingerprint density at radius 3 is 2.89 bits per heavy atom. The summed E-state index contributed by atoms with van der Waals surface area (Å²) in [6, 6.07) is 4.67.